The summed E-state index contributed by atoms with van der Waals surface area (Å²) in [6.45, 7) is 3.32. The molecule has 0 saturated heterocycles. The molecule has 140 valence electrons. The Hall–Kier alpha value is -3.28. The van der Waals surface area contributed by atoms with Crippen LogP contribution in [0.1, 0.15) is 25.0 Å². The SMILES string of the molecule is COc1cccc(Cc2c(OC(C)(C)C(N)=O)cccc2-c2cn[nH]c2)c1. The van der Waals surface area contributed by atoms with Gasteiger partial charge in [-0.05, 0) is 43.2 Å². The zero-order valence-electron chi connectivity index (χ0n) is 15.7. The Kier molecular flexibility index (Phi) is 5.16. The molecule has 0 aliphatic heterocycles. The van der Waals surface area contributed by atoms with Crippen molar-refractivity contribution in [2.45, 2.75) is 25.9 Å². The average Bonchev–Trinajstić information content (AvgIpc) is 3.17. The molecule has 0 aliphatic rings. The Morgan fingerprint density at radius 1 is 1.22 bits per heavy atom. The summed E-state index contributed by atoms with van der Waals surface area (Å²) in [4.78, 5) is 11.8. The smallest absolute Gasteiger partial charge is 0.261 e. The lowest BCUT2D eigenvalue weighted by Gasteiger charge is -2.25. The summed E-state index contributed by atoms with van der Waals surface area (Å²) in [5, 5.41) is 6.89. The van der Waals surface area contributed by atoms with E-state index in [-0.39, 0.29) is 0 Å². The van der Waals surface area contributed by atoms with Gasteiger partial charge in [0.15, 0.2) is 5.60 Å². The number of aromatic nitrogens is 2. The first-order valence-corrected chi connectivity index (χ1v) is 8.63. The molecule has 0 unspecified atom stereocenters. The third-order valence-corrected chi connectivity index (χ3v) is 4.42. The Balaban J connectivity index is 2.08. The summed E-state index contributed by atoms with van der Waals surface area (Å²) in [6.07, 6.45) is 4.18. The molecular formula is C21H23N3O3. The molecule has 0 bridgehead atoms. The van der Waals surface area contributed by atoms with Crippen molar-refractivity contribution in [2.75, 3.05) is 7.11 Å². The van der Waals surface area contributed by atoms with Crippen LogP contribution in [-0.4, -0.2) is 28.8 Å². The molecule has 0 saturated carbocycles. The van der Waals surface area contributed by atoms with Crippen LogP contribution >= 0.6 is 0 Å². The predicted octanol–water partition coefficient (Wildman–Crippen LogP) is 3.32. The van der Waals surface area contributed by atoms with Gasteiger partial charge in [0.2, 0.25) is 0 Å². The van der Waals surface area contributed by atoms with Crippen LogP contribution < -0.4 is 15.2 Å². The first kappa shape index (κ1) is 18.5. The van der Waals surface area contributed by atoms with Gasteiger partial charge < -0.3 is 15.2 Å². The second-order valence-electron chi connectivity index (χ2n) is 6.77. The van der Waals surface area contributed by atoms with Crippen molar-refractivity contribution in [3.8, 4) is 22.6 Å². The third-order valence-electron chi connectivity index (χ3n) is 4.42. The van der Waals surface area contributed by atoms with Crippen molar-refractivity contribution in [3.63, 3.8) is 0 Å². The van der Waals surface area contributed by atoms with E-state index in [9.17, 15) is 4.79 Å². The summed E-state index contributed by atoms with van der Waals surface area (Å²) in [7, 11) is 1.64. The van der Waals surface area contributed by atoms with E-state index in [4.69, 9.17) is 15.2 Å². The predicted molar refractivity (Wildman–Crippen MR) is 104 cm³/mol. The lowest BCUT2D eigenvalue weighted by molar-refractivity contribution is -0.130. The summed E-state index contributed by atoms with van der Waals surface area (Å²) in [6, 6.07) is 13.6. The maximum atomic E-state index is 11.8. The minimum Gasteiger partial charge on any atom is -0.497 e. The fourth-order valence-corrected chi connectivity index (χ4v) is 2.82. The summed E-state index contributed by atoms with van der Waals surface area (Å²) >= 11 is 0. The van der Waals surface area contributed by atoms with Crippen molar-refractivity contribution < 1.29 is 14.3 Å². The number of nitrogens with two attached hydrogens (primary N) is 1. The van der Waals surface area contributed by atoms with Crippen LogP contribution in [0.5, 0.6) is 11.5 Å². The van der Waals surface area contributed by atoms with E-state index in [0.717, 1.165) is 28.0 Å². The second-order valence-corrected chi connectivity index (χ2v) is 6.77. The molecule has 0 aliphatic carbocycles. The molecule has 0 spiro atoms. The number of carbonyl (C=O) groups is 1. The number of H-pyrrole nitrogens is 1. The van der Waals surface area contributed by atoms with Crippen molar-refractivity contribution in [2.24, 2.45) is 5.73 Å². The minimum absolute atomic E-state index is 0.524. The molecule has 27 heavy (non-hydrogen) atoms. The number of methoxy groups -OCH3 is 1. The van der Waals surface area contributed by atoms with Gasteiger partial charge in [-0.25, -0.2) is 0 Å². The van der Waals surface area contributed by atoms with Gasteiger partial charge in [-0.15, -0.1) is 0 Å². The molecule has 3 N–H and O–H groups in total. The minimum atomic E-state index is -1.13. The number of rotatable bonds is 7. The maximum absolute atomic E-state index is 11.8. The normalized spacial score (nSPS) is 11.2. The quantitative estimate of drug-likeness (QED) is 0.672. The number of nitrogens with zero attached hydrogens (tertiary/aromatic N) is 1. The average molecular weight is 365 g/mol. The zero-order chi connectivity index (χ0) is 19.4. The molecule has 6 heteroatoms. The standard InChI is InChI=1S/C21H23N3O3/c1-21(2,20(22)25)27-19-9-5-8-17(15-12-23-24-13-15)18(19)11-14-6-4-7-16(10-14)26-3/h4-10,12-13H,11H2,1-3H3,(H2,22,25)(H,23,24). The number of benzene rings is 2. The zero-order valence-corrected chi connectivity index (χ0v) is 15.7. The van der Waals surface area contributed by atoms with E-state index in [0.29, 0.717) is 12.2 Å². The molecule has 0 fully saturated rings. The topological polar surface area (TPSA) is 90.2 Å². The van der Waals surface area contributed by atoms with Crippen molar-refractivity contribution in [1.82, 2.24) is 10.2 Å². The van der Waals surface area contributed by atoms with Gasteiger partial charge in [-0.2, -0.15) is 5.10 Å². The molecular weight excluding hydrogens is 342 g/mol. The molecule has 1 aromatic heterocycles. The van der Waals surface area contributed by atoms with Gasteiger partial charge in [0.25, 0.3) is 5.91 Å². The molecule has 1 heterocycles. The summed E-state index contributed by atoms with van der Waals surface area (Å²) in [5.41, 5.74) is 8.29. The molecule has 3 aromatic rings. The maximum Gasteiger partial charge on any atom is 0.261 e. The summed E-state index contributed by atoms with van der Waals surface area (Å²) < 4.78 is 11.4. The van der Waals surface area contributed by atoms with Crippen molar-refractivity contribution in [1.29, 1.82) is 0 Å². The van der Waals surface area contributed by atoms with Gasteiger partial charge in [0, 0.05) is 23.7 Å². The van der Waals surface area contributed by atoms with E-state index >= 15 is 0 Å². The second kappa shape index (κ2) is 7.53. The van der Waals surface area contributed by atoms with Crippen LogP contribution in [0.25, 0.3) is 11.1 Å². The lowest BCUT2D eigenvalue weighted by Crippen LogP contribution is -2.43. The van der Waals surface area contributed by atoms with Crippen LogP contribution in [-0.2, 0) is 11.2 Å². The highest BCUT2D eigenvalue weighted by atomic mass is 16.5. The molecule has 2 aromatic carbocycles. The number of hydrogen-bond acceptors (Lipinski definition) is 4. The fraction of sp³-hybridized carbons (Fsp3) is 0.238. The highest BCUT2D eigenvalue weighted by Crippen LogP contribution is 2.34. The number of nitrogens with one attached hydrogen (secondary N) is 1. The van der Waals surface area contributed by atoms with E-state index in [1.165, 1.54) is 0 Å². The Morgan fingerprint density at radius 2 is 2.00 bits per heavy atom. The van der Waals surface area contributed by atoms with E-state index in [2.05, 4.69) is 10.2 Å². The molecule has 0 radical (unpaired) electrons. The van der Waals surface area contributed by atoms with Gasteiger partial charge in [0.05, 0.1) is 13.3 Å². The third kappa shape index (κ3) is 4.11. The Bertz CT molecular complexity index is 934. The van der Waals surface area contributed by atoms with Gasteiger partial charge in [-0.3, -0.25) is 9.89 Å². The van der Waals surface area contributed by atoms with E-state index in [1.807, 2.05) is 48.7 Å². The molecule has 3 rings (SSSR count). The van der Waals surface area contributed by atoms with Crippen molar-refractivity contribution in [3.05, 3.63) is 66.0 Å². The number of primary amides is 1. The van der Waals surface area contributed by atoms with E-state index < -0.39 is 11.5 Å². The van der Waals surface area contributed by atoms with Gasteiger partial charge in [-0.1, -0.05) is 24.3 Å². The summed E-state index contributed by atoms with van der Waals surface area (Å²) in [5.74, 6) is 0.872. The Morgan fingerprint density at radius 3 is 2.67 bits per heavy atom. The number of ether oxygens (including phenoxy) is 2. The van der Waals surface area contributed by atoms with Crippen LogP contribution in [0.15, 0.2) is 54.9 Å². The molecule has 1 amide bonds. The number of carbonyl (C=O) groups excluding carboxylic acids is 1. The number of hydrogen-bond donors (Lipinski definition) is 2. The number of amides is 1. The largest absolute Gasteiger partial charge is 0.497 e. The van der Waals surface area contributed by atoms with Crippen LogP contribution in [0.3, 0.4) is 0 Å². The van der Waals surface area contributed by atoms with Crippen molar-refractivity contribution >= 4 is 5.91 Å². The monoisotopic (exact) mass is 365 g/mol. The fourth-order valence-electron chi connectivity index (χ4n) is 2.82. The highest BCUT2D eigenvalue weighted by molar-refractivity contribution is 5.83. The Labute approximate surface area is 158 Å². The lowest BCUT2D eigenvalue weighted by atomic mass is 9.95. The highest BCUT2D eigenvalue weighted by Gasteiger charge is 2.28. The van der Waals surface area contributed by atoms with Crippen LogP contribution in [0.2, 0.25) is 0 Å². The first-order valence-electron chi connectivity index (χ1n) is 8.63. The molecule has 6 nitrogen and oxygen atoms in total. The first-order chi connectivity index (χ1) is 12.9. The van der Waals surface area contributed by atoms with E-state index in [1.54, 1.807) is 27.2 Å². The van der Waals surface area contributed by atoms with Crippen LogP contribution in [0, 0.1) is 0 Å². The van der Waals surface area contributed by atoms with Gasteiger partial charge in [0.1, 0.15) is 11.5 Å². The van der Waals surface area contributed by atoms with Crippen LogP contribution in [0.4, 0.5) is 0 Å². The van der Waals surface area contributed by atoms with Gasteiger partial charge >= 0.3 is 0 Å². The number of aromatic amines is 1. The molecule has 0 atom stereocenters.